The molecule has 14 heavy (non-hydrogen) atoms. The molecule has 0 aliphatic carbocycles. The highest BCUT2D eigenvalue weighted by Gasteiger charge is 2.09. The van der Waals surface area contributed by atoms with Crippen molar-refractivity contribution >= 4 is 5.84 Å². The molecular formula is C11H25N3. The third-order valence-corrected chi connectivity index (χ3v) is 2.03. The predicted octanol–water partition coefficient (Wildman–Crippen LogP) is 1.74. The molecule has 0 aromatic carbocycles. The normalized spacial score (nSPS) is 15.9. The fourth-order valence-electron chi connectivity index (χ4n) is 1.01. The molecule has 0 bridgehead atoms. The number of likely N-dealkylation sites (N-methyl/N-ethyl adjacent to an activating group) is 1. The minimum absolute atomic E-state index is 0.106. The van der Waals surface area contributed by atoms with E-state index in [1.807, 2.05) is 6.92 Å². The summed E-state index contributed by atoms with van der Waals surface area (Å²) in [7, 11) is 4.15. The molecule has 1 unspecified atom stereocenters. The Labute approximate surface area is 88.6 Å². The maximum absolute atomic E-state index is 4.49. The Balaban J connectivity index is 4.00. The van der Waals surface area contributed by atoms with Gasteiger partial charge in [-0.1, -0.05) is 0 Å². The van der Waals surface area contributed by atoms with Gasteiger partial charge in [-0.25, -0.2) is 0 Å². The molecule has 0 aromatic heterocycles. The fourth-order valence-corrected chi connectivity index (χ4v) is 1.01. The van der Waals surface area contributed by atoms with E-state index in [-0.39, 0.29) is 5.54 Å². The lowest BCUT2D eigenvalue weighted by molar-refractivity contribution is 0.320. The number of aliphatic imine (C=N–C) groups is 1. The van der Waals surface area contributed by atoms with E-state index in [9.17, 15) is 0 Å². The van der Waals surface area contributed by atoms with Crippen molar-refractivity contribution in [2.45, 2.75) is 46.2 Å². The molecule has 0 radical (unpaired) electrons. The topological polar surface area (TPSA) is 27.6 Å². The molecule has 0 rings (SSSR count). The van der Waals surface area contributed by atoms with Gasteiger partial charge in [0.25, 0.3) is 0 Å². The molecule has 3 heteroatoms. The Morgan fingerprint density at radius 1 is 1.36 bits per heavy atom. The van der Waals surface area contributed by atoms with Crippen LogP contribution in [-0.2, 0) is 0 Å². The minimum Gasteiger partial charge on any atom is -0.369 e. The highest BCUT2D eigenvalue weighted by atomic mass is 15.1. The van der Waals surface area contributed by atoms with E-state index in [0.29, 0.717) is 6.04 Å². The van der Waals surface area contributed by atoms with Gasteiger partial charge in [-0.05, 0) is 48.7 Å². The van der Waals surface area contributed by atoms with Crippen LogP contribution >= 0.6 is 0 Å². The van der Waals surface area contributed by atoms with E-state index in [2.05, 4.69) is 57.0 Å². The van der Waals surface area contributed by atoms with Crippen LogP contribution in [0.1, 0.15) is 34.6 Å². The molecule has 0 saturated carbocycles. The standard InChI is InChI=1S/C11H25N3/c1-9(14(6)7)8-12-10(2)13-11(3,4)5/h9H,8H2,1-7H3,(H,12,13). The summed E-state index contributed by atoms with van der Waals surface area (Å²) in [5.74, 6) is 1.02. The Morgan fingerprint density at radius 3 is 2.21 bits per heavy atom. The lowest BCUT2D eigenvalue weighted by Gasteiger charge is -2.23. The predicted molar refractivity (Wildman–Crippen MR) is 64.0 cm³/mol. The van der Waals surface area contributed by atoms with Crippen molar-refractivity contribution in [3.63, 3.8) is 0 Å². The zero-order valence-electron chi connectivity index (χ0n) is 10.7. The maximum Gasteiger partial charge on any atom is 0.0936 e. The summed E-state index contributed by atoms with van der Waals surface area (Å²) < 4.78 is 0. The third-order valence-electron chi connectivity index (χ3n) is 2.03. The first kappa shape index (κ1) is 13.4. The monoisotopic (exact) mass is 199 g/mol. The van der Waals surface area contributed by atoms with Crippen molar-refractivity contribution in [3.05, 3.63) is 0 Å². The van der Waals surface area contributed by atoms with Gasteiger partial charge in [-0.3, -0.25) is 4.99 Å². The molecule has 0 aromatic rings. The van der Waals surface area contributed by atoms with Crippen molar-refractivity contribution in [2.75, 3.05) is 20.6 Å². The molecule has 0 amide bonds. The molecule has 1 atom stereocenters. The van der Waals surface area contributed by atoms with Gasteiger partial charge in [0.1, 0.15) is 0 Å². The van der Waals surface area contributed by atoms with E-state index >= 15 is 0 Å². The fraction of sp³-hybridized carbons (Fsp3) is 0.909. The first-order valence-electron chi connectivity index (χ1n) is 5.18. The molecule has 0 aliphatic rings. The molecular weight excluding hydrogens is 174 g/mol. The van der Waals surface area contributed by atoms with Crippen molar-refractivity contribution in [1.82, 2.24) is 10.2 Å². The summed E-state index contributed by atoms with van der Waals surface area (Å²) in [5.41, 5.74) is 0.106. The smallest absolute Gasteiger partial charge is 0.0936 e. The van der Waals surface area contributed by atoms with Crippen LogP contribution in [-0.4, -0.2) is 43.0 Å². The highest BCUT2D eigenvalue weighted by Crippen LogP contribution is 1.99. The van der Waals surface area contributed by atoms with Crippen molar-refractivity contribution in [2.24, 2.45) is 4.99 Å². The molecule has 0 fully saturated rings. The second-order valence-corrected chi connectivity index (χ2v) is 5.11. The lowest BCUT2D eigenvalue weighted by Crippen LogP contribution is -2.40. The Bertz CT molecular complexity index is 189. The van der Waals surface area contributed by atoms with Gasteiger partial charge in [0, 0.05) is 11.6 Å². The quantitative estimate of drug-likeness (QED) is 0.554. The number of hydrogen-bond acceptors (Lipinski definition) is 2. The van der Waals surface area contributed by atoms with Crippen LogP contribution in [0.3, 0.4) is 0 Å². The maximum atomic E-state index is 4.49. The van der Waals surface area contributed by atoms with Crippen LogP contribution in [0, 0.1) is 0 Å². The lowest BCUT2D eigenvalue weighted by atomic mass is 10.1. The van der Waals surface area contributed by atoms with Gasteiger partial charge in [-0.2, -0.15) is 0 Å². The summed E-state index contributed by atoms with van der Waals surface area (Å²) in [4.78, 5) is 6.67. The largest absolute Gasteiger partial charge is 0.369 e. The number of rotatable bonds is 3. The van der Waals surface area contributed by atoms with Gasteiger partial charge < -0.3 is 10.2 Å². The zero-order chi connectivity index (χ0) is 11.4. The summed E-state index contributed by atoms with van der Waals surface area (Å²) >= 11 is 0. The van der Waals surface area contributed by atoms with Crippen LogP contribution in [0.5, 0.6) is 0 Å². The SMILES string of the molecule is CC(=NCC(C)N(C)C)NC(C)(C)C. The van der Waals surface area contributed by atoms with Crippen molar-refractivity contribution < 1.29 is 0 Å². The second-order valence-electron chi connectivity index (χ2n) is 5.11. The van der Waals surface area contributed by atoms with Gasteiger partial charge in [0.2, 0.25) is 0 Å². The highest BCUT2D eigenvalue weighted by molar-refractivity contribution is 5.80. The zero-order valence-corrected chi connectivity index (χ0v) is 10.7. The molecule has 0 heterocycles. The molecule has 0 aliphatic heterocycles. The van der Waals surface area contributed by atoms with Crippen LogP contribution in [0.2, 0.25) is 0 Å². The average molecular weight is 199 g/mol. The van der Waals surface area contributed by atoms with Gasteiger partial charge in [-0.15, -0.1) is 0 Å². The average Bonchev–Trinajstić information content (AvgIpc) is 1.96. The molecule has 84 valence electrons. The Kier molecular flexibility index (Phi) is 5.13. The first-order valence-corrected chi connectivity index (χ1v) is 5.18. The summed E-state index contributed by atoms with van der Waals surface area (Å²) in [5, 5.41) is 3.34. The summed E-state index contributed by atoms with van der Waals surface area (Å²) in [6.45, 7) is 11.5. The minimum atomic E-state index is 0.106. The van der Waals surface area contributed by atoms with Gasteiger partial charge in [0.05, 0.1) is 12.4 Å². The number of nitrogens with zero attached hydrogens (tertiary/aromatic N) is 2. The van der Waals surface area contributed by atoms with Crippen LogP contribution in [0.15, 0.2) is 4.99 Å². The van der Waals surface area contributed by atoms with Crippen LogP contribution in [0.4, 0.5) is 0 Å². The van der Waals surface area contributed by atoms with E-state index < -0.39 is 0 Å². The summed E-state index contributed by atoms with van der Waals surface area (Å²) in [6, 6.07) is 0.492. The van der Waals surface area contributed by atoms with E-state index in [1.165, 1.54) is 0 Å². The summed E-state index contributed by atoms with van der Waals surface area (Å²) in [6.07, 6.45) is 0. The van der Waals surface area contributed by atoms with Crippen LogP contribution in [0.25, 0.3) is 0 Å². The third kappa shape index (κ3) is 6.89. The molecule has 1 N–H and O–H groups in total. The first-order chi connectivity index (χ1) is 6.22. The van der Waals surface area contributed by atoms with Gasteiger partial charge >= 0.3 is 0 Å². The van der Waals surface area contributed by atoms with E-state index in [1.54, 1.807) is 0 Å². The Morgan fingerprint density at radius 2 is 1.86 bits per heavy atom. The number of amidine groups is 1. The molecule has 0 saturated heterocycles. The van der Waals surface area contributed by atoms with E-state index in [0.717, 1.165) is 12.4 Å². The molecule has 3 nitrogen and oxygen atoms in total. The number of hydrogen-bond donors (Lipinski definition) is 1. The number of nitrogens with one attached hydrogen (secondary N) is 1. The van der Waals surface area contributed by atoms with Gasteiger partial charge in [0.15, 0.2) is 0 Å². The second kappa shape index (κ2) is 5.35. The van der Waals surface area contributed by atoms with Crippen molar-refractivity contribution in [1.29, 1.82) is 0 Å². The van der Waals surface area contributed by atoms with Crippen molar-refractivity contribution in [3.8, 4) is 0 Å². The molecule has 0 spiro atoms. The Hall–Kier alpha value is -0.570. The van der Waals surface area contributed by atoms with E-state index in [4.69, 9.17) is 0 Å². The van der Waals surface area contributed by atoms with Crippen LogP contribution < -0.4 is 5.32 Å².